The number of nitrogen functional groups attached to an aromatic ring is 2. The second kappa shape index (κ2) is 3.85. The first-order valence-corrected chi connectivity index (χ1v) is 3.89. The van der Waals surface area contributed by atoms with Crippen LogP contribution in [0.3, 0.4) is 0 Å². The van der Waals surface area contributed by atoms with Gasteiger partial charge in [-0.3, -0.25) is 16.0 Å². The Morgan fingerprint density at radius 3 is 2.31 bits per heavy atom. The molecule has 1 aromatic carbocycles. The van der Waals surface area contributed by atoms with E-state index in [1.54, 1.807) is 0 Å². The molecule has 5 N–H and O–H groups in total. The van der Waals surface area contributed by atoms with Crippen LogP contribution in [-0.4, -0.2) is 4.92 Å². The van der Waals surface area contributed by atoms with Gasteiger partial charge in [-0.1, -0.05) is 0 Å². The maximum Gasteiger partial charge on any atom is 0.423 e. The lowest BCUT2D eigenvalue weighted by molar-refractivity contribution is -0.388. The van der Waals surface area contributed by atoms with Crippen LogP contribution in [0.4, 0.5) is 30.2 Å². The van der Waals surface area contributed by atoms with Crippen molar-refractivity contribution in [1.29, 1.82) is 0 Å². The first kappa shape index (κ1) is 12.0. The highest BCUT2D eigenvalue weighted by Gasteiger charge is 2.39. The molecule has 0 aromatic heterocycles. The summed E-state index contributed by atoms with van der Waals surface area (Å²) in [6.45, 7) is 0. The quantitative estimate of drug-likeness (QED) is 0.312. The summed E-state index contributed by atoms with van der Waals surface area (Å²) >= 11 is 0. The van der Waals surface area contributed by atoms with Gasteiger partial charge in [-0.05, 0) is 6.07 Å². The Morgan fingerprint density at radius 1 is 1.38 bits per heavy atom. The number of nitro groups is 1. The fraction of sp³-hybridized carbons (Fsp3) is 0.143. The molecular weight excluding hydrogens is 229 g/mol. The van der Waals surface area contributed by atoms with E-state index in [2.05, 4.69) is 0 Å². The van der Waals surface area contributed by atoms with Gasteiger partial charge >= 0.3 is 6.18 Å². The molecule has 9 heteroatoms. The van der Waals surface area contributed by atoms with Crippen LogP contribution < -0.4 is 17.0 Å². The van der Waals surface area contributed by atoms with Crippen LogP contribution in [0.15, 0.2) is 12.1 Å². The van der Waals surface area contributed by atoms with Crippen LogP contribution >= 0.6 is 0 Å². The van der Waals surface area contributed by atoms with E-state index in [1.165, 1.54) is 0 Å². The topological polar surface area (TPSA) is 107 Å². The number of anilines is 2. The van der Waals surface area contributed by atoms with Gasteiger partial charge in [0.15, 0.2) is 0 Å². The van der Waals surface area contributed by atoms with E-state index in [0.717, 1.165) is 0 Å². The van der Waals surface area contributed by atoms with Gasteiger partial charge in [0.1, 0.15) is 5.56 Å². The summed E-state index contributed by atoms with van der Waals surface area (Å²) < 4.78 is 37.2. The fourth-order valence-corrected chi connectivity index (χ4v) is 1.11. The zero-order valence-corrected chi connectivity index (χ0v) is 7.71. The Kier molecular flexibility index (Phi) is 2.90. The van der Waals surface area contributed by atoms with Gasteiger partial charge in [-0.15, -0.1) is 0 Å². The molecule has 6 nitrogen and oxygen atoms in total. The van der Waals surface area contributed by atoms with Crippen LogP contribution in [0.5, 0.6) is 0 Å². The number of halogens is 3. The third kappa shape index (κ3) is 2.14. The number of rotatable bonds is 2. The highest BCUT2D eigenvalue weighted by atomic mass is 19.4. The van der Waals surface area contributed by atoms with E-state index in [-0.39, 0.29) is 11.4 Å². The first-order valence-electron chi connectivity index (χ1n) is 3.89. The maximum atomic E-state index is 12.4. The summed E-state index contributed by atoms with van der Waals surface area (Å²) in [4.78, 5) is 9.29. The van der Waals surface area contributed by atoms with E-state index in [0.29, 0.717) is 12.1 Å². The van der Waals surface area contributed by atoms with Crippen molar-refractivity contribution >= 4 is 17.1 Å². The minimum atomic E-state index is -4.84. The monoisotopic (exact) mass is 236 g/mol. The van der Waals surface area contributed by atoms with Crippen LogP contribution in [0.25, 0.3) is 0 Å². The number of nitro benzene ring substituents is 1. The molecule has 0 fully saturated rings. The predicted molar refractivity (Wildman–Crippen MR) is 50.3 cm³/mol. The van der Waals surface area contributed by atoms with Crippen molar-refractivity contribution in [2.75, 3.05) is 11.2 Å². The number of alkyl halides is 3. The van der Waals surface area contributed by atoms with Crippen molar-refractivity contribution < 1.29 is 18.1 Å². The molecule has 0 aliphatic rings. The molecule has 0 radical (unpaired) electrons. The summed E-state index contributed by atoms with van der Waals surface area (Å²) in [5.74, 6) is 4.94. The largest absolute Gasteiger partial charge is 0.423 e. The lowest BCUT2D eigenvalue weighted by Gasteiger charge is -2.11. The molecule has 0 spiro atoms. The number of hydrogen-bond donors (Lipinski definition) is 3. The van der Waals surface area contributed by atoms with Crippen molar-refractivity contribution in [3.63, 3.8) is 0 Å². The van der Waals surface area contributed by atoms with Gasteiger partial charge in [-0.2, -0.15) is 13.2 Å². The van der Waals surface area contributed by atoms with Gasteiger partial charge in [-0.25, -0.2) is 0 Å². The normalized spacial score (nSPS) is 11.2. The third-order valence-corrected chi connectivity index (χ3v) is 1.83. The summed E-state index contributed by atoms with van der Waals surface area (Å²) in [6, 6.07) is 1.10. The molecule has 0 aliphatic carbocycles. The molecule has 16 heavy (non-hydrogen) atoms. The summed E-state index contributed by atoms with van der Waals surface area (Å²) in [6.07, 6.45) is -4.84. The van der Waals surface area contributed by atoms with Crippen molar-refractivity contribution in [2.45, 2.75) is 6.18 Å². The minimum absolute atomic E-state index is 0.139. The van der Waals surface area contributed by atoms with E-state index in [1.807, 2.05) is 5.43 Å². The first-order chi connectivity index (χ1) is 7.27. The Labute approximate surface area is 87.1 Å². The Hall–Kier alpha value is -2.03. The number of hydrogen-bond acceptors (Lipinski definition) is 5. The number of hydrazine groups is 1. The summed E-state index contributed by atoms with van der Waals surface area (Å²) in [7, 11) is 0. The predicted octanol–water partition coefficient (Wildman–Crippen LogP) is 1.48. The molecule has 0 unspecified atom stereocenters. The van der Waals surface area contributed by atoms with Crippen molar-refractivity contribution in [2.24, 2.45) is 5.84 Å². The SMILES string of the molecule is NNc1cc([N+](=O)[O-])c(C(F)(F)F)cc1N. The second-order valence-corrected chi connectivity index (χ2v) is 2.86. The number of nitrogens with two attached hydrogens (primary N) is 2. The fourth-order valence-electron chi connectivity index (χ4n) is 1.11. The molecule has 0 amide bonds. The molecule has 1 aromatic rings. The standard InChI is InChI=1S/C7H7F3N4O2/c8-7(9,10)3-1-4(11)5(13-12)2-6(3)14(15)16/h1-2,13H,11-12H2. The van der Waals surface area contributed by atoms with E-state index in [4.69, 9.17) is 11.6 Å². The van der Waals surface area contributed by atoms with Crippen molar-refractivity contribution in [3.8, 4) is 0 Å². The molecule has 0 heterocycles. The van der Waals surface area contributed by atoms with Crippen molar-refractivity contribution in [3.05, 3.63) is 27.8 Å². The van der Waals surface area contributed by atoms with Gasteiger partial charge in [0.05, 0.1) is 16.3 Å². The van der Waals surface area contributed by atoms with Crippen LogP contribution in [0.1, 0.15) is 5.56 Å². The van der Waals surface area contributed by atoms with Crippen LogP contribution in [-0.2, 0) is 6.18 Å². The Bertz CT molecular complexity index is 432. The molecular formula is C7H7F3N4O2. The number of nitrogens with one attached hydrogen (secondary N) is 1. The smallest absolute Gasteiger partial charge is 0.397 e. The molecule has 0 atom stereocenters. The Balaban J connectivity index is 3.49. The van der Waals surface area contributed by atoms with Gasteiger partial charge < -0.3 is 11.2 Å². The van der Waals surface area contributed by atoms with E-state index >= 15 is 0 Å². The lowest BCUT2D eigenvalue weighted by atomic mass is 10.1. The second-order valence-electron chi connectivity index (χ2n) is 2.86. The molecule has 88 valence electrons. The zero-order valence-electron chi connectivity index (χ0n) is 7.71. The van der Waals surface area contributed by atoms with Crippen LogP contribution in [0.2, 0.25) is 0 Å². The maximum absolute atomic E-state index is 12.4. The number of benzene rings is 1. The lowest BCUT2D eigenvalue weighted by Crippen LogP contribution is -2.14. The molecule has 0 saturated carbocycles. The molecule has 0 saturated heterocycles. The van der Waals surface area contributed by atoms with Crippen molar-refractivity contribution in [1.82, 2.24) is 0 Å². The summed E-state index contributed by atoms with van der Waals surface area (Å²) in [5.41, 5.74) is 4.24. The highest BCUT2D eigenvalue weighted by Crippen LogP contribution is 2.39. The molecule has 1 rings (SSSR count). The van der Waals surface area contributed by atoms with E-state index < -0.39 is 22.4 Å². The third-order valence-electron chi connectivity index (χ3n) is 1.83. The Morgan fingerprint density at radius 2 is 1.94 bits per heavy atom. The molecule has 0 bridgehead atoms. The van der Waals surface area contributed by atoms with Gasteiger partial charge in [0, 0.05) is 6.07 Å². The average molecular weight is 236 g/mol. The van der Waals surface area contributed by atoms with E-state index in [9.17, 15) is 23.3 Å². The summed E-state index contributed by atoms with van der Waals surface area (Å²) in [5, 5.41) is 10.4. The molecule has 0 aliphatic heterocycles. The van der Waals surface area contributed by atoms with Gasteiger partial charge in [0.2, 0.25) is 0 Å². The van der Waals surface area contributed by atoms with Gasteiger partial charge in [0.25, 0.3) is 5.69 Å². The highest BCUT2D eigenvalue weighted by molar-refractivity contribution is 5.71. The minimum Gasteiger partial charge on any atom is -0.397 e. The average Bonchev–Trinajstić information content (AvgIpc) is 2.15. The zero-order chi connectivity index (χ0) is 12.5. The number of nitrogens with zero attached hydrogens (tertiary/aromatic N) is 1. The van der Waals surface area contributed by atoms with Crippen LogP contribution in [0, 0.1) is 10.1 Å².